The molecule has 1 saturated carbocycles. The number of nitrogen functional groups attached to an aromatic ring is 1. The molecule has 0 aromatic carbocycles. The summed E-state index contributed by atoms with van der Waals surface area (Å²) in [7, 11) is 0. The van der Waals surface area contributed by atoms with Gasteiger partial charge in [0.1, 0.15) is 10.8 Å². The van der Waals surface area contributed by atoms with Crippen molar-refractivity contribution in [2.45, 2.75) is 71.8 Å². The van der Waals surface area contributed by atoms with Crippen LogP contribution in [0, 0.1) is 5.41 Å². The van der Waals surface area contributed by atoms with E-state index in [4.69, 9.17) is 22.4 Å². The van der Waals surface area contributed by atoms with Gasteiger partial charge < -0.3 is 5.73 Å². The highest BCUT2D eigenvalue weighted by molar-refractivity contribution is 6.33. The first kappa shape index (κ1) is 14.7. The second-order valence-electron chi connectivity index (χ2n) is 6.97. The second-order valence-corrected chi connectivity index (χ2v) is 7.35. The van der Waals surface area contributed by atoms with Crippen LogP contribution in [0.5, 0.6) is 0 Å². The molecule has 0 radical (unpaired) electrons. The molecule has 0 aliphatic heterocycles. The van der Waals surface area contributed by atoms with E-state index in [0.29, 0.717) is 16.9 Å². The number of halogens is 1. The normalized spacial score (nSPS) is 18.5. The highest BCUT2D eigenvalue weighted by Crippen LogP contribution is 2.34. The Morgan fingerprint density at radius 3 is 2.32 bits per heavy atom. The third-order valence-electron chi connectivity index (χ3n) is 3.82. The van der Waals surface area contributed by atoms with E-state index in [0.717, 1.165) is 12.1 Å². The van der Waals surface area contributed by atoms with Crippen molar-refractivity contribution in [3.05, 3.63) is 10.7 Å². The van der Waals surface area contributed by atoms with Gasteiger partial charge in [0.15, 0.2) is 0 Å². The molecule has 108 valence electrons. The molecular formula is C15H26ClN3. The maximum absolute atomic E-state index is 6.37. The molecule has 4 heteroatoms. The standard InChI is InChI=1S/C15H26ClN3/c1-15(2,3)10-12-13(16)14(17)19(18-12)11-8-6-4-5-7-9-11/h11H,4-10,17H2,1-3H3. The number of nitrogens with zero attached hydrogens (tertiary/aromatic N) is 2. The molecular weight excluding hydrogens is 258 g/mol. The molecule has 1 aromatic rings. The molecule has 0 amide bonds. The monoisotopic (exact) mass is 283 g/mol. The lowest BCUT2D eigenvalue weighted by Crippen LogP contribution is -2.14. The minimum atomic E-state index is 0.179. The topological polar surface area (TPSA) is 43.8 Å². The van der Waals surface area contributed by atoms with E-state index in [1.807, 2.05) is 4.68 Å². The number of rotatable bonds is 2. The van der Waals surface area contributed by atoms with Crippen LogP contribution in [0.15, 0.2) is 0 Å². The molecule has 1 aliphatic rings. The summed E-state index contributed by atoms with van der Waals surface area (Å²) in [4.78, 5) is 0. The highest BCUT2D eigenvalue weighted by Gasteiger charge is 2.24. The van der Waals surface area contributed by atoms with Crippen molar-refractivity contribution < 1.29 is 0 Å². The summed E-state index contributed by atoms with van der Waals surface area (Å²) in [6.45, 7) is 6.60. The van der Waals surface area contributed by atoms with Crippen LogP contribution in [-0.4, -0.2) is 9.78 Å². The SMILES string of the molecule is CC(C)(C)Cc1nn(C2CCCCCC2)c(N)c1Cl. The molecule has 1 aromatic heterocycles. The summed E-state index contributed by atoms with van der Waals surface area (Å²) in [5.41, 5.74) is 7.31. The van der Waals surface area contributed by atoms with Gasteiger partial charge in [0.2, 0.25) is 0 Å². The molecule has 0 saturated heterocycles. The fourth-order valence-corrected chi connectivity index (χ4v) is 3.06. The Balaban J connectivity index is 2.23. The molecule has 1 heterocycles. The van der Waals surface area contributed by atoms with Gasteiger partial charge in [0.05, 0.1) is 11.7 Å². The van der Waals surface area contributed by atoms with Crippen LogP contribution in [0.3, 0.4) is 0 Å². The number of hydrogen-bond donors (Lipinski definition) is 1. The van der Waals surface area contributed by atoms with Crippen molar-refractivity contribution in [1.82, 2.24) is 9.78 Å². The van der Waals surface area contributed by atoms with Crippen LogP contribution in [0.25, 0.3) is 0 Å². The second kappa shape index (κ2) is 5.74. The van der Waals surface area contributed by atoms with Gasteiger partial charge in [-0.25, -0.2) is 4.68 Å². The lowest BCUT2D eigenvalue weighted by Gasteiger charge is -2.17. The molecule has 2 rings (SSSR count). The lowest BCUT2D eigenvalue weighted by molar-refractivity contribution is 0.384. The maximum atomic E-state index is 6.37. The molecule has 1 fully saturated rings. The largest absolute Gasteiger partial charge is 0.383 e. The van der Waals surface area contributed by atoms with Crippen LogP contribution in [0.2, 0.25) is 5.02 Å². The Bertz CT molecular complexity index is 423. The molecule has 0 spiro atoms. The summed E-state index contributed by atoms with van der Waals surface area (Å²) in [5, 5.41) is 5.39. The van der Waals surface area contributed by atoms with Gasteiger partial charge in [-0.3, -0.25) is 0 Å². The van der Waals surface area contributed by atoms with E-state index in [1.54, 1.807) is 0 Å². The van der Waals surface area contributed by atoms with Crippen molar-refractivity contribution in [3.63, 3.8) is 0 Å². The molecule has 2 N–H and O–H groups in total. The van der Waals surface area contributed by atoms with E-state index in [1.165, 1.54) is 38.5 Å². The predicted molar refractivity (Wildman–Crippen MR) is 81.5 cm³/mol. The fraction of sp³-hybridized carbons (Fsp3) is 0.800. The first-order valence-corrected chi connectivity index (χ1v) is 7.78. The molecule has 3 nitrogen and oxygen atoms in total. The zero-order valence-corrected chi connectivity index (χ0v) is 13.1. The summed E-state index contributed by atoms with van der Waals surface area (Å²) >= 11 is 6.37. The molecule has 0 unspecified atom stereocenters. The molecule has 0 atom stereocenters. The van der Waals surface area contributed by atoms with Crippen molar-refractivity contribution in [3.8, 4) is 0 Å². The summed E-state index contributed by atoms with van der Waals surface area (Å²) in [5.74, 6) is 0.660. The summed E-state index contributed by atoms with van der Waals surface area (Å²) in [6.07, 6.45) is 8.44. The van der Waals surface area contributed by atoms with Crippen LogP contribution >= 0.6 is 11.6 Å². The van der Waals surface area contributed by atoms with Gasteiger partial charge in [-0.05, 0) is 24.7 Å². The Hall–Kier alpha value is -0.700. The Labute approximate surface area is 121 Å². The zero-order valence-electron chi connectivity index (χ0n) is 12.4. The van der Waals surface area contributed by atoms with Crippen LogP contribution in [0.4, 0.5) is 5.82 Å². The number of aromatic nitrogens is 2. The van der Waals surface area contributed by atoms with Crippen molar-refractivity contribution >= 4 is 17.4 Å². The third kappa shape index (κ3) is 3.65. The van der Waals surface area contributed by atoms with Gasteiger partial charge in [-0.2, -0.15) is 5.10 Å². The summed E-state index contributed by atoms with van der Waals surface area (Å²) < 4.78 is 1.99. The first-order valence-electron chi connectivity index (χ1n) is 7.41. The molecule has 19 heavy (non-hydrogen) atoms. The van der Waals surface area contributed by atoms with E-state index >= 15 is 0 Å². The molecule has 1 aliphatic carbocycles. The van der Waals surface area contributed by atoms with Gasteiger partial charge >= 0.3 is 0 Å². The van der Waals surface area contributed by atoms with Crippen molar-refractivity contribution in [2.24, 2.45) is 5.41 Å². The lowest BCUT2D eigenvalue weighted by atomic mass is 9.91. The van der Waals surface area contributed by atoms with Gasteiger partial charge in [-0.15, -0.1) is 0 Å². The fourth-order valence-electron chi connectivity index (χ4n) is 2.87. The average Bonchev–Trinajstić information content (AvgIpc) is 2.57. The Morgan fingerprint density at radius 2 is 1.79 bits per heavy atom. The van der Waals surface area contributed by atoms with Crippen LogP contribution in [0.1, 0.15) is 71.0 Å². The molecule has 0 bridgehead atoms. The average molecular weight is 284 g/mol. The predicted octanol–water partition coefficient (Wildman–Crippen LogP) is 4.60. The van der Waals surface area contributed by atoms with E-state index in [-0.39, 0.29) is 5.41 Å². The first-order chi connectivity index (χ1) is 8.88. The zero-order chi connectivity index (χ0) is 14.0. The van der Waals surface area contributed by atoms with Crippen LogP contribution < -0.4 is 5.73 Å². The van der Waals surface area contributed by atoms with E-state index in [2.05, 4.69) is 20.8 Å². The van der Waals surface area contributed by atoms with Gasteiger partial charge in [-0.1, -0.05) is 58.1 Å². The van der Waals surface area contributed by atoms with Crippen molar-refractivity contribution in [1.29, 1.82) is 0 Å². The van der Waals surface area contributed by atoms with Crippen LogP contribution in [-0.2, 0) is 6.42 Å². The number of anilines is 1. The van der Waals surface area contributed by atoms with Gasteiger partial charge in [0.25, 0.3) is 0 Å². The van der Waals surface area contributed by atoms with Crippen molar-refractivity contribution in [2.75, 3.05) is 5.73 Å². The minimum Gasteiger partial charge on any atom is -0.383 e. The smallest absolute Gasteiger partial charge is 0.141 e. The van der Waals surface area contributed by atoms with Gasteiger partial charge in [0, 0.05) is 0 Å². The quantitative estimate of drug-likeness (QED) is 0.806. The third-order valence-corrected chi connectivity index (χ3v) is 4.23. The Morgan fingerprint density at radius 1 is 1.21 bits per heavy atom. The number of nitrogens with two attached hydrogens (primary N) is 1. The highest BCUT2D eigenvalue weighted by atomic mass is 35.5. The summed E-state index contributed by atoms with van der Waals surface area (Å²) in [6, 6.07) is 0.439. The maximum Gasteiger partial charge on any atom is 0.141 e. The minimum absolute atomic E-state index is 0.179. The van der Waals surface area contributed by atoms with E-state index < -0.39 is 0 Å². The van der Waals surface area contributed by atoms with E-state index in [9.17, 15) is 0 Å². The Kier molecular flexibility index (Phi) is 4.44. The number of hydrogen-bond acceptors (Lipinski definition) is 2.